The highest BCUT2D eigenvalue weighted by Crippen LogP contribution is 2.67. The fraction of sp³-hybridized carbons (Fsp3) is 0.562. The SMILES string of the molecule is NC(=O)c1ccc2c3c1O[C@H]1[C@H](O)CC[C@@]4(OCCCc5ccccc5)[C@@H](C2)[N+]([O-])(CC2CC2)CC[C@]314.O=C(O)C(F)(F)F. The van der Waals surface area contributed by atoms with Crippen molar-refractivity contribution in [1.29, 1.82) is 0 Å². The van der Waals surface area contributed by atoms with Gasteiger partial charge >= 0.3 is 12.1 Å². The summed E-state index contributed by atoms with van der Waals surface area (Å²) in [6.45, 7) is 1.67. The first-order valence-corrected chi connectivity index (χ1v) is 15.2. The van der Waals surface area contributed by atoms with Crippen LogP contribution in [0.25, 0.3) is 0 Å². The van der Waals surface area contributed by atoms with Crippen LogP contribution in [0.1, 0.15) is 65.6 Å². The predicted octanol–water partition coefficient (Wildman–Crippen LogP) is 4.01. The van der Waals surface area contributed by atoms with Crippen molar-refractivity contribution in [3.63, 3.8) is 0 Å². The van der Waals surface area contributed by atoms with Crippen LogP contribution in [0.2, 0.25) is 0 Å². The molecule has 2 heterocycles. The molecule has 44 heavy (non-hydrogen) atoms. The number of aliphatic hydroxyl groups is 1. The number of halogens is 3. The number of aliphatic carboxylic acids is 1. The number of carboxylic acids is 1. The molecule has 2 aromatic carbocycles. The van der Waals surface area contributed by atoms with E-state index in [0.717, 1.165) is 36.8 Å². The molecule has 1 unspecified atom stereocenters. The van der Waals surface area contributed by atoms with Gasteiger partial charge in [-0.1, -0.05) is 36.4 Å². The second-order valence-corrected chi connectivity index (χ2v) is 12.9. The molecule has 2 bridgehead atoms. The highest BCUT2D eigenvalue weighted by Gasteiger charge is 2.77. The Morgan fingerprint density at radius 1 is 1.11 bits per heavy atom. The quantitative estimate of drug-likeness (QED) is 0.231. The summed E-state index contributed by atoms with van der Waals surface area (Å²) in [5.41, 5.74) is 8.04. The van der Waals surface area contributed by atoms with Crippen molar-refractivity contribution in [2.75, 3.05) is 19.7 Å². The third-order valence-corrected chi connectivity index (χ3v) is 10.3. The first kappa shape index (κ1) is 30.8. The van der Waals surface area contributed by atoms with Gasteiger partial charge in [0.25, 0.3) is 5.91 Å². The molecular formula is C32H37F3N2O7. The molecule has 3 aliphatic carbocycles. The van der Waals surface area contributed by atoms with E-state index in [-0.39, 0.29) is 10.7 Å². The standard InChI is InChI=1S/C30H36N2O5.C2HF3O2/c31-28(34)22-11-10-21-17-24-30(36-16-4-7-19-5-2-1-3-6-19)13-12-23(33)27-29(30,25(21)26(22)37-27)14-15-32(24,35)18-20-8-9-20;3-2(4,5)1(6)7/h1-3,5-6,10-11,20,23-24,27,33H,4,7-9,12-18H2,(H2,31,34);(H,6,7)/t23-,24-,27+,29+,30-,32?;/m1./s1. The number of amides is 1. The second-order valence-electron chi connectivity index (χ2n) is 12.9. The largest absolute Gasteiger partial charge is 0.632 e. The molecule has 1 amide bonds. The number of aliphatic hydroxyl groups excluding tert-OH is 1. The molecule has 9 nitrogen and oxygen atoms in total. The van der Waals surface area contributed by atoms with E-state index >= 15 is 0 Å². The van der Waals surface area contributed by atoms with Crippen LogP contribution < -0.4 is 10.5 Å². The van der Waals surface area contributed by atoms with E-state index in [9.17, 15) is 28.3 Å². The molecule has 12 heteroatoms. The maximum absolute atomic E-state index is 14.7. The van der Waals surface area contributed by atoms with E-state index < -0.39 is 41.3 Å². The van der Waals surface area contributed by atoms with Crippen molar-refractivity contribution in [2.45, 2.75) is 86.8 Å². The number of aryl methyl sites for hydroxylation is 1. The highest BCUT2D eigenvalue weighted by molar-refractivity contribution is 5.97. The molecule has 3 fully saturated rings. The molecule has 1 saturated heterocycles. The van der Waals surface area contributed by atoms with Crippen LogP contribution in [0.4, 0.5) is 13.2 Å². The zero-order valence-corrected chi connectivity index (χ0v) is 24.2. The lowest BCUT2D eigenvalue weighted by atomic mass is 9.48. The van der Waals surface area contributed by atoms with Gasteiger partial charge in [-0.15, -0.1) is 0 Å². The number of nitrogens with two attached hydrogens (primary N) is 1. The minimum Gasteiger partial charge on any atom is -0.632 e. The fourth-order valence-electron chi connectivity index (χ4n) is 8.38. The van der Waals surface area contributed by atoms with Gasteiger partial charge in [-0.2, -0.15) is 13.2 Å². The summed E-state index contributed by atoms with van der Waals surface area (Å²) in [4.78, 5) is 21.3. The van der Waals surface area contributed by atoms with Crippen molar-refractivity contribution in [1.82, 2.24) is 0 Å². The van der Waals surface area contributed by atoms with Gasteiger partial charge in [-0.3, -0.25) is 4.79 Å². The Labute approximate surface area is 252 Å². The monoisotopic (exact) mass is 618 g/mol. The third-order valence-electron chi connectivity index (χ3n) is 10.3. The van der Waals surface area contributed by atoms with Crippen molar-refractivity contribution in [3.8, 4) is 5.75 Å². The number of carboxylic acid groups (broad SMARTS) is 1. The number of quaternary nitrogens is 1. The lowest BCUT2D eigenvalue weighted by Gasteiger charge is -2.69. The molecule has 238 valence electrons. The van der Waals surface area contributed by atoms with E-state index in [2.05, 4.69) is 24.3 Å². The zero-order valence-electron chi connectivity index (χ0n) is 24.2. The Morgan fingerprint density at radius 3 is 2.45 bits per heavy atom. The molecule has 1 spiro atoms. The second kappa shape index (κ2) is 11.0. The number of carbonyl (C=O) groups excluding carboxylic acids is 1. The molecule has 0 aromatic heterocycles. The Morgan fingerprint density at radius 2 is 1.82 bits per heavy atom. The first-order chi connectivity index (χ1) is 20.8. The number of nitrogens with zero attached hydrogens (tertiary/aromatic N) is 1. The lowest BCUT2D eigenvalue weighted by molar-refractivity contribution is -0.924. The number of hydrogen-bond acceptors (Lipinski definition) is 6. The number of piperidine rings is 1. The number of ether oxygens (including phenoxy) is 2. The van der Waals surface area contributed by atoms with Crippen molar-refractivity contribution in [2.24, 2.45) is 11.7 Å². The molecule has 2 aliphatic heterocycles. The number of primary amides is 1. The Kier molecular flexibility index (Phi) is 7.71. The number of rotatable bonds is 8. The highest BCUT2D eigenvalue weighted by atomic mass is 19.4. The molecule has 2 aromatic rings. The average molecular weight is 619 g/mol. The summed E-state index contributed by atoms with van der Waals surface area (Å²) >= 11 is 0. The van der Waals surface area contributed by atoms with Crippen molar-refractivity contribution >= 4 is 11.9 Å². The Balaban J connectivity index is 0.000000441. The van der Waals surface area contributed by atoms with Gasteiger partial charge < -0.3 is 35.3 Å². The number of carbonyl (C=O) groups is 2. The van der Waals surface area contributed by atoms with Gasteiger partial charge in [-0.05, 0) is 55.7 Å². The fourth-order valence-corrected chi connectivity index (χ4v) is 8.38. The Bertz CT molecular complexity index is 1430. The summed E-state index contributed by atoms with van der Waals surface area (Å²) in [5.74, 6) is -2.27. The minimum atomic E-state index is -5.08. The van der Waals surface area contributed by atoms with Crippen LogP contribution in [0.5, 0.6) is 5.75 Å². The molecule has 6 atom stereocenters. The van der Waals surface area contributed by atoms with Gasteiger partial charge in [0.2, 0.25) is 0 Å². The van der Waals surface area contributed by atoms with Crippen LogP contribution >= 0.6 is 0 Å². The van der Waals surface area contributed by atoms with E-state index in [4.69, 9.17) is 25.1 Å². The maximum Gasteiger partial charge on any atom is 0.490 e. The zero-order chi connectivity index (χ0) is 31.5. The number of hydrogen-bond donors (Lipinski definition) is 3. The molecule has 4 N–H and O–H groups in total. The van der Waals surface area contributed by atoms with Crippen LogP contribution in [0, 0.1) is 11.1 Å². The average Bonchev–Trinajstić information content (AvgIpc) is 3.71. The minimum absolute atomic E-state index is 0.222. The van der Waals surface area contributed by atoms with Gasteiger partial charge in [0.15, 0.2) is 0 Å². The summed E-state index contributed by atoms with van der Waals surface area (Å²) in [6.07, 6.45) is 0.0489. The maximum atomic E-state index is 14.7. The number of likely N-dealkylation sites (tertiary alicyclic amines) is 1. The van der Waals surface area contributed by atoms with Gasteiger partial charge in [0.1, 0.15) is 23.5 Å². The van der Waals surface area contributed by atoms with E-state index in [1.165, 1.54) is 5.56 Å². The smallest absolute Gasteiger partial charge is 0.490 e. The normalized spacial score (nSPS) is 33.0. The van der Waals surface area contributed by atoms with Gasteiger partial charge in [0, 0.05) is 30.9 Å². The first-order valence-electron chi connectivity index (χ1n) is 15.2. The van der Waals surface area contributed by atoms with Crippen molar-refractivity contribution in [3.05, 3.63) is 69.9 Å². The van der Waals surface area contributed by atoms with Crippen LogP contribution in [-0.2, 0) is 27.8 Å². The molecule has 7 rings (SSSR count). The summed E-state index contributed by atoms with van der Waals surface area (Å²) in [6, 6.07) is 13.8. The summed E-state index contributed by atoms with van der Waals surface area (Å²) in [7, 11) is 0. The molecule has 5 aliphatic rings. The molecule has 0 radical (unpaired) electrons. The Hall–Kier alpha value is -3.19. The third kappa shape index (κ3) is 4.96. The van der Waals surface area contributed by atoms with Crippen molar-refractivity contribution < 1.29 is 47.1 Å². The number of benzene rings is 2. The number of alkyl halides is 3. The summed E-state index contributed by atoms with van der Waals surface area (Å²) in [5, 5.41) is 33.1. The van der Waals surface area contributed by atoms with Gasteiger partial charge in [-0.25, -0.2) is 4.79 Å². The number of hydroxylamine groups is 3. The van der Waals surface area contributed by atoms with Gasteiger partial charge in [0.05, 0.1) is 30.2 Å². The molecular weight excluding hydrogens is 581 g/mol. The summed E-state index contributed by atoms with van der Waals surface area (Å²) < 4.78 is 45.1. The van der Waals surface area contributed by atoms with E-state index in [1.54, 1.807) is 6.07 Å². The molecule has 2 saturated carbocycles. The van der Waals surface area contributed by atoms with E-state index in [0.29, 0.717) is 62.6 Å². The van der Waals surface area contributed by atoms with E-state index in [1.807, 2.05) is 12.1 Å². The predicted molar refractivity (Wildman–Crippen MR) is 152 cm³/mol. The van der Waals surface area contributed by atoms with Crippen LogP contribution in [0.15, 0.2) is 42.5 Å². The lowest BCUT2D eigenvalue weighted by Crippen LogP contribution is -2.81. The van der Waals surface area contributed by atoms with Crippen LogP contribution in [-0.4, -0.2) is 76.5 Å². The van der Waals surface area contributed by atoms with Crippen LogP contribution in [0.3, 0.4) is 0 Å². The topological polar surface area (TPSA) is 142 Å².